The molecular weight excluding hydrogens is 324 g/mol. The molecule has 1 amide bonds. The summed E-state index contributed by atoms with van der Waals surface area (Å²) in [4.78, 5) is 12.2. The van der Waals surface area contributed by atoms with Crippen LogP contribution in [0, 0.1) is 11.6 Å². The highest BCUT2D eigenvalue weighted by atomic mass is 32.2. The van der Waals surface area contributed by atoms with Crippen LogP contribution in [0.5, 0.6) is 0 Å². The molecule has 0 spiro atoms. The first-order valence-electron chi connectivity index (χ1n) is 6.74. The van der Waals surface area contributed by atoms with Crippen molar-refractivity contribution in [2.24, 2.45) is 0 Å². The van der Waals surface area contributed by atoms with Crippen LogP contribution in [-0.2, 0) is 9.84 Å². The molecule has 0 aliphatic carbocycles. The van der Waals surface area contributed by atoms with Gasteiger partial charge in [-0.25, -0.2) is 17.2 Å². The van der Waals surface area contributed by atoms with E-state index in [1.807, 2.05) is 0 Å². The summed E-state index contributed by atoms with van der Waals surface area (Å²) >= 11 is 0. The quantitative estimate of drug-likeness (QED) is 0.932. The van der Waals surface area contributed by atoms with E-state index in [9.17, 15) is 22.0 Å². The second kappa shape index (κ2) is 6.45. The summed E-state index contributed by atoms with van der Waals surface area (Å²) in [5.41, 5.74) is 0.546. The van der Waals surface area contributed by atoms with Crippen molar-refractivity contribution >= 4 is 15.7 Å². The summed E-state index contributed by atoms with van der Waals surface area (Å²) < 4.78 is 49.1. The smallest absolute Gasteiger partial charge is 0.251 e. The van der Waals surface area contributed by atoms with Gasteiger partial charge in [-0.3, -0.25) is 4.79 Å². The number of nitrogens with one attached hydrogen (secondary N) is 1. The van der Waals surface area contributed by atoms with E-state index in [2.05, 4.69) is 5.32 Å². The van der Waals surface area contributed by atoms with Crippen molar-refractivity contribution in [2.45, 2.75) is 17.9 Å². The molecule has 1 N–H and O–H groups in total. The number of benzene rings is 2. The molecule has 2 rings (SSSR count). The highest BCUT2D eigenvalue weighted by Crippen LogP contribution is 2.17. The first-order chi connectivity index (χ1) is 10.7. The molecule has 0 bridgehead atoms. The monoisotopic (exact) mass is 339 g/mol. The average molecular weight is 339 g/mol. The van der Waals surface area contributed by atoms with Gasteiger partial charge in [0.1, 0.15) is 11.6 Å². The van der Waals surface area contributed by atoms with Crippen LogP contribution in [0.4, 0.5) is 8.78 Å². The molecule has 23 heavy (non-hydrogen) atoms. The van der Waals surface area contributed by atoms with Crippen LogP contribution < -0.4 is 5.32 Å². The maximum atomic E-state index is 13.1. The lowest BCUT2D eigenvalue weighted by Crippen LogP contribution is -2.26. The lowest BCUT2D eigenvalue weighted by Gasteiger charge is -2.15. The molecule has 0 aromatic heterocycles. The summed E-state index contributed by atoms with van der Waals surface area (Å²) in [5, 5.41) is 2.60. The zero-order valence-electron chi connectivity index (χ0n) is 12.5. The Kier molecular flexibility index (Phi) is 4.79. The van der Waals surface area contributed by atoms with Crippen LogP contribution in [0.1, 0.15) is 28.9 Å². The maximum Gasteiger partial charge on any atom is 0.251 e. The van der Waals surface area contributed by atoms with E-state index < -0.39 is 33.4 Å². The van der Waals surface area contributed by atoms with E-state index in [-0.39, 0.29) is 10.5 Å². The van der Waals surface area contributed by atoms with Gasteiger partial charge in [0, 0.05) is 17.9 Å². The topological polar surface area (TPSA) is 63.2 Å². The first kappa shape index (κ1) is 17.1. The molecule has 122 valence electrons. The van der Waals surface area contributed by atoms with Crippen molar-refractivity contribution in [3.05, 3.63) is 65.2 Å². The predicted molar refractivity (Wildman–Crippen MR) is 81.8 cm³/mol. The van der Waals surface area contributed by atoms with Gasteiger partial charge >= 0.3 is 0 Å². The fourth-order valence-corrected chi connectivity index (χ4v) is 2.68. The predicted octanol–water partition coefficient (Wildman–Crippen LogP) is 2.86. The molecule has 7 heteroatoms. The summed E-state index contributed by atoms with van der Waals surface area (Å²) in [6, 6.07) is 8.15. The van der Waals surface area contributed by atoms with Crippen molar-refractivity contribution in [3.63, 3.8) is 0 Å². The van der Waals surface area contributed by atoms with Gasteiger partial charge in [0.05, 0.1) is 10.9 Å². The lowest BCUT2D eigenvalue weighted by atomic mass is 10.1. The zero-order chi connectivity index (χ0) is 17.2. The van der Waals surface area contributed by atoms with Crippen LogP contribution in [0.3, 0.4) is 0 Å². The minimum Gasteiger partial charge on any atom is -0.346 e. The number of carbonyl (C=O) groups excluding carboxylic acids is 1. The van der Waals surface area contributed by atoms with Gasteiger partial charge in [-0.05, 0) is 36.8 Å². The van der Waals surface area contributed by atoms with Crippen LogP contribution in [0.15, 0.2) is 47.4 Å². The molecule has 0 heterocycles. The Balaban J connectivity index is 2.15. The van der Waals surface area contributed by atoms with Gasteiger partial charge in [0.25, 0.3) is 5.91 Å². The standard InChI is InChI=1S/C16H15F2NO3S/c1-10(11-3-5-15(6-4-11)23(2,21)22)19-16(20)12-7-13(17)9-14(18)8-12/h3-10H,1-2H3,(H,19,20)/t10-/m0/s1. The number of amides is 1. The highest BCUT2D eigenvalue weighted by molar-refractivity contribution is 7.90. The Labute approximate surface area is 133 Å². The summed E-state index contributed by atoms with van der Waals surface area (Å²) in [6.45, 7) is 1.68. The van der Waals surface area contributed by atoms with Crippen LogP contribution in [0.25, 0.3) is 0 Å². The summed E-state index contributed by atoms with van der Waals surface area (Å²) in [5.74, 6) is -2.29. The molecule has 0 aliphatic rings. The van der Waals surface area contributed by atoms with Crippen molar-refractivity contribution in [3.8, 4) is 0 Å². The van der Waals surface area contributed by atoms with Crippen molar-refractivity contribution < 1.29 is 22.0 Å². The molecule has 0 unspecified atom stereocenters. The number of halogens is 2. The Morgan fingerprint density at radius 2 is 1.57 bits per heavy atom. The number of hydrogen-bond donors (Lipinski definition) is 1. The Bertz CT molecular complexity index is 813. The normalized spacial score (nSPS) is 12.7. The molecule has 0 aliphatic heterocycles. The molecular formula is C16H15F2NO3S. The van der Waals surface area contributed by atoms with Gasteiger partial charge in [0.2, 0.25) is 0 Å². The van der Waals surface area contributed by atoms with Crippen molar-refractivity contribution in [1.29, 1.82) is 0 Å². The van der Waals surface area contributed by atoms with Crippen LogP contribution in [-0.4, -0.2) is 20.6 Å². The van der Waals surface area contributed by atoms with E-state index in [4.69, 9.17) is 0 Å². The lowest BCUT2D eigenvalue weighted by molar-refractivity contribution is 0.0939. The third kappa shape index (κ3) is 4.35. The Morgan fingerprint density at radius 3 is 2.04 bits per heavy atom. The first-order valence-corrected chi connectivity index (χ1v) is 8.63. The Morgan fingerprint density at radius 1 is 1.04 bits per heavy atom. The van der Waals surface area contributed by atoms with Gasteiger partial charge in [0.15, 0.2) is 9.84 Å². The van der Waals surface area contributed by atoms with E-state index in [0.29, 0.717) is 11.6 Å². The number of rotatable bonds is 4. The summed E-state index contributed by atoms with van der Waals surface area (Å²) in [7, 11) is -3.29. The van der Waals surface area contributed by atoms with Crippen LogP contribution >= 0.6 is 0 Å². The van der Waals surface area contributed by atoms with Crippen molar-refractivity contribution in [1.82, 2.24) is 5.32 Å². The molecule has 4 nitrogen and oxygen atoms in total. The molecule has 0 saturated heterocycles. The molecule has 2 aromatic rings. The molecule has 0 fully saturated rings. The molecule has 2 aromatic carbocycles. The van der Waals surface area contributed by atoms with E-state index >= 15 is 0 Å². The third-order valence-corrected chi connectivity index (χ3v) is 4.41. The minimum absolute atomic E-state index is 0.123. The fraction of sp³-hybridized carbons (Fsp3) is 0.188. The maximum absolute atomic E-state index is 13.1. The highest BCUT2D eigenvalue weighted by Gasteiger charge is 2.14. The van der Waals surface area contributed by atoms with Crippen LogP contribution in [0.2, 0.25) is 0 Å². The third-order valence-electron chi connectivity index (χ3n) is 3.28. The summed E-state index contributed by atoms with van der Waals surface area (Å²) in [6.07, 6.45) is 1.10. The zero-order valence-corrected chi connectivity index (χ0v) is 13.3. The van der Waals surface area contributed by atoms with Gasteiger partial charge in [-0.2, -0.15) is 0 Å². The van der Waals surface area contributed by atoms with E-state index in [1.54, 1.807) is 19.1 Å². The molecule has 1 atom stereocenters. The molecule has 0 saturated carbocycles. The number of hydrogen-bond acceptors (Lipinski definition) is 3. The number of sulfone groups is 1. The van der Waals surface area contributed by atoms with E-state index in [1.165, 1.54) is 12.1 Å². The second-order valence-electron chi connectivity index (χ2n) is 5.19. The SMILES string of the molecule is C[C@H](NC(=O)c1cc(F)cc(F)c1)c1ccc(S(C)(=O)=O)cc1. The molecule has 0 radical (unpaired) electrons. The minimum atomic E-state index is -3.29. The number of carbonyl (C=O) groups is 1. The largest absolute Gasteiger partial charge is 0.346 e. The van der Waals surface area contributed by atoms with Gasteiger partial charge in [-0.1, -0.05) is 12.1 Å². The van der Waals surface area contributed by atoms with E-state index in [0.717, 1.165) is 18.4 Å². The fourth-order valence-electron chi connectivity index (χ4n) is 2.05. The van der Waals surface area contributed by atoms with Gasteiger partial charge < -0.3 is 5.32 Å². The van der Waals surface area contributed by atoms with Gasteiger partial charge in [-0.15, -0.1) is 0 Å². The second-order valence-corrected chi connectivity index (χ2v) is 7.21. The Hall–Kier alpha value is -2.28. The van der Waals surface area contributed by atoms with Crippen molar-refractivity contribution in [2.75, 3.05) is 6.26 Å². The average Bonchev–Trinajstić information content (AvgIpc) is 2.45.